The smallest absolute Gasteiger partial charge is 0.252 e. The largest absolute Gasteiger partial charge is 0.380 e. The van der Waals surface area contributed by atoms with Crippen molar-refractivity contribution in [2.24, 2.45) is 0 Å². The number of pyridine rings is 1. The Morgan fingerprint density at radius 2 is 2.11 bits per heavy atom. The van der Waals surface area contributed by atoms with Gasteiger partial charge in [-0.25, -0.2) is 4.39 Å². The van der Waals surface area contributed by atoms with Crippen LogP contribution in [0.3, 0.4) is 0 Å². The molecule has 3 aliphatic rings. The van der Waals surface area contributed by atoms with Gasteiger partial charge in [0.15, 0.2) is 0 Å². The molecule has 0 radical (unpaired) electrons. The third-order valence-corrected chi connectivity index (χ3v) is 6.94. The zero-order valence-electron chi connectivity index (χ0n) is 16.9. The fraction of sp³-hybridized carbons (Fsp3) is 0.478. The SMILES string of the molecule is COCC1=C(C)CC2c3nc4cc(F)c(C)c5c4c(c3CN2C1=O)C(C)CC5. The summed E-state index contributed by atoms with van der Waals surface area (Å²) in [6, 6.07) is 1.54. The molecule has 2 atom stereocenters. The van der Waals surface area contributed by atoms with Gasteiger partial charge in [0.1, 0.15) is 5.82 Å². The number of ether oxygens (including phenoxy) is 1. The van der Waals surface area contributed by atoms with Gasteiger partial charge in [-0.15, -0.1) is 0 Å². The number of carbonyl (C=O) groups is 1. The predicted molar refractivity (Wildman–Crippen MR) is 106 cm³/mol. The fourth-order valence-corrected chi connectivity index (χ4v) is 5.41. The summed E-state index contributed by atoms with van der Waals surface area (Å²) >= 11 is 0. The Morgan fingerprint density at radius 1 is 1.32 bits per heavy atom. The molecule has 0 N–H and O–H groups in total. The van der Waals surface area contributed by atoms with Gasteiger partial charge in [-0.2, -0.15) is 0 Å². The van der Waals surface area contributed by atoms with Crippen molar-refractivity contribution in [2.45, 2.75) is 58.5 Å². The first-order valence-electron chi connectivity index (χ1n) is 10.0. The number of aryl methyl sites for hydroxylation is 1. The van der Waals surface area contributed by atoms with Gasteiger partial charge >= 0.3 is 0 Å². The molecule has 4 nitrogen and oxygen atoms in total. The summed E-state index contributed by atoms with van der Waals surface area (Å²) in [5.41, 5.74) is 7.87. The minimum absolute atomic E-state index is 0.0503. The number of carbonyl (C=O) groups excluding carboxylic acids is 1. The molecule has 0 spiro atoms. The number of rotatable bonds is 2. The Balaban J connectivity index is 1.74. The number of amides is 1. The Hall–Kier alpha value is -2.27. The van der Waals surface area contributed by atoms with Crippen LogP contribution in [0.5, 0.6) is 0 Å². The highest BCUT2D eigenvalue weighted by Gasteiger charge is 2.42. The number of hydrogen-bond acceptors (Lipinski definition) is 3. The van der Waals surface area contributed by atoms with E-state index < -0.39 is 0 Å². The number of aromatic nitrogens is 1. The van der Waals surface area contributed by atoms with Crippen molar-refractivity contribution in [1.29, 1.82) is 0 Å². The summed E-state index contributed by atoms with van der Waals surface area (Å²) in [6.45, 7) is 7.07. The van der Waals surface area contributed by atoms with Crippen LogP contribution in [0.2, 0.25) is 0 Å². The minimum atomic E-state index is -0.177. The highest BCUT2D eigenvalue weighted by atomic mass is 19.1. The number of halogens is 1. The number of hydrogen-bond donors (Lipinski definition) is 0. The van der Waals surface area contributed by atoms with Crippen LogP contribution >= 0.6 is 0 Å². The van der Waals surface area contributed by atoms with Crippen LogP contribution < -0.4 is 0 Å². The molecule has 0 saturated heterocycles. The van der Waals surface area contributed by atoms with Gasteiger partial charge < -0.3 is 9.64 Å². The number of benzene rings is 1. The molecule has 0 bridgehead atoms. The van der Waals surface area contributed by atoms with E-state index in [1.54, 1.807) is 13.2 Å². The van der Waals surface area contributed by atoms with E-state index in [1.165, 1.54) is 11.1 Å². The average Bonchev–Trinajstić information content (AvgIpc) is 3.02. The van der Waals surface area contributed by atoms with Gasteiger partial charge in [0, 0.05) is 30.7 Å². The van der Waals surface area contributed by atoms with Crippen LogP contribution in [0.15, 0.2) is 17.2 Å². The van der Waals surface area contributed by atoms with Crippen LogP contribution in [-0.4, -0.2) is 29.5 Å². The highest BCUT2D eigenvalue weighted by molar-refractivity contribution is 5.97. The zero-order valence-corrected chi connectivity index (χ0v) is 16.9. The van der Waals surface area contributed by atoms with Gasteiger partial charge in [-0.1, -0.05) is 12.5 Å². The van der Waals surface area contributed by atoms with Crippen LogP contribution in [0.25, 0.3) is 10.9 Å². The van der Waals surface area contributed by atoms with Crippen LogP contribution in [0, 0.1) is 12.7 Å². The normalized spacial score (nSPS) is 23.5. The van der Waals surface area contributed by atoms with E-state index in [4.69, 9.17) is 9.72 Å². The van der Waals surface area contributed by atoms with Crippen molar-refractivity contribution in [1.82, 2.24) is 9.88 Å². The van der Waals surface area contributed by atoms with Gasteiger partial charge in [-0.3, -0.25) is 9.78 Å². The minimum Gasteiger partial charge on any atom is -0.380 e. The molecule has 5 rings (SSSR count). The van der Waals surface area contributed by atoms with Crippen LogP contribution in [0.1, 0.15) is 66.6 Å². The van der Waals surface area contributed by atoms with Crippen molar-refractivity contribution < 1.29 is 13.9 Å². The molecular formula is C23H25FN2O2. The van der Waals surface area contributed by atoms with Gasteiger partial charge in [0.05, 0.1) is 23.9 Å². The lowest BCUT2D eigenvalue weighted by Gasteiger charge is -2.31. The molecule has 146 valence electrons. The molecule has 0 fully saturated rings. The second-order valence-electron chi connectivity index (χ2n) is 8.53. The van der Waals surface area contributed by atoms with Gasteiger partial charge in [0.2, 0.25) is 0 Å². The molecule has 2 aromatic rings. The summed E-state index contributed by atoms with van der Waals surface area (Å²) in [4.78, 5) is 20.0. The molecule has 1 aliphatic carbocycles. The lowest BCUT2D eigenvalue weighted by molar-refractivity contribution is -0.131. The lowest BCUT2D eigenvalue weighted by Crippen LogP contribution is -2.36. The quantitative estimate of drug-likeness (QED) is 0.771. The van der Waals surface area contributed by atoms with Crippen molar-refractivity contribution >= 4 is 16.8 Å². The summed E-state index contributed by atoms with van der Waals surface area (Å²) in [7, 11) is 1.62. The monoisotopic (exact) mass is 380 g/mol. The second kappa shape index (κ2) is 6.11. The molecule has 1 aromatic heterocycles. The summed E-state index contributed by atoms with van der Waals surface area (Å²) in [6.07, 6.45) is 2.66. The molecule has 28 heavy (non-hydrogen) atoms. The van der Waals surface area contributed by atoms with E-state index in [2.05, 4.69) is 6.92 Å². The van der Waals surface area contributed by atoms with E-state index >= 15 is 0 Å². The van der Waals surface area contributed by atoms with Crippen LogP contribution in [-0.2, 0) is 22.5 Å². The van der Waals surface area contributed by atoms with Gasteiger partial charge in [0.25, 0.3) is 5.91 Å². The maximum Gasteiger partial charge on any atom is 0.252 e. The first-order valence-corrected chi connectivity index (χ1v) is 10.0. The van der Waals surface area contributed by atoms with E-state index in [1.807, 2.05) is 18.7 Å². The molecule has 0 saturated carbocycles. The van der Waals surface area contributed by atoms with E-state index in [-0.39, 0.29) is 17.8 Å². The highest BCUT2D eigenvalue weighted by Crippen LogP contribution is 2.48. The van der Waals surface area contributed by atoms with E-state index in [9.17, 15) is 9.18 Å². The zero-order chi connectivity index (χ0) is 19.7. The number of fused-ring (bicyclic) bond motifs is 4. The average molecular weight is 380 g/mol. The lowest BCUT2D eigenvalue weighted by atomic mass is 9.79. The summed E-state index contributed by atoms with van der Waals surface area (Å²) in [5.74, 6) is 0.264. The standard InChI is InChI=1S/C23H25FN2O2/c1-11-5-6-14-13(3)17(24)8-18-21(14)20(11)15-9-26-19(22(15)25-18)7-12(2)16(10-28-4)23(26)27/h8,11,19H,5-7,9-10H2,1-4H3. The van der Waals surface area contributed by atoms with Crippen molar-refractivity contribution in [3.8, 4) is 0 Å². The molecule has 1 aromatic carbocycles. The summed E-state index contributed by atoms with van der Waals surface area (Å²) in [5, 5.41) is 1.13. The predicted octanol–water partition coefficient (Wildman–Crippen LogP) is 4.48. The molecular weight excluding hydrogens is 355 g/mol. The van der Waals surface area contributed by atoms with E-state index in [0.29, 0.717) is 19.1 Å². The fourth-order valence-electron chi connectivity index (χ4n) is 5.41. The molecule has 5 heteroatoms. The molecule has 2 unspecified atom stereocenters. The maximum atomic E-state index is 14.6. The Labute approximate surface area is 164 Å². The third kappa shape index (κ3) is 2.26. The molecule has 1 amide bonds. The molecule has 2 aliphatic heterocycles. The Bertz CT molecular complexity index is 1070. The van der Waals surface area contributed by atoms with Crippen molar-refractivity contribution in [3.63, 3.8) is 0 Å². The Kier molecular flexibility index (Phi) is 3.89. The summed E-state index contributed by atoms with van der Waals surface area (Å²) < 4.78 is 19.8. The molecule has 3 heterocycles. The maximum absolute atomic E-state index is 14.6. The van der Waals surface area contributed by atoms with Crippen LogP contribution in [0.4, 0.5) is 4.39 Å². The van der Waals surface area contributed by atoms with Crippen molar-refractivity contribution in [2.75, 3.05) is 13.7 Å². The first-order chi connectivity index (χ1) is 13.4. The number of nitrogens with zero attached hydrogens (tertiary/aromatic N) is 2. The Morgan fingerprint density at radius 3 is 2.86 bits per heavy atom. The number of methoxy groups -OCH3 is 1. The van der Waals surface area contributed by atoms with Gasteiger partial charge in [-0.05, 0) is 61.3 Å². The second-order valence-corrected chi connectivity index (χ2v) is 8.53. The van der Waals surface area contributed by atoms with Crippen molar-refractivity contribution in [3.05, 3.63) is 51.0 Å². The third-order valence-electron chi connectivity index (χ3n) is 6.94. The van der Waals surface area contributed by atoms with E-state index in [0.717, 1.165) is 58.1 Å². The topological polar surface area (TPSA) is 42.4 Å². The first kappa shape index (κ1) is 17.8.